The van der Waals surface area contributed by atoms with Crippen molar-refractivity contribution in [2.75, 3.05) is 13.1 Å². The van der Waals surface area contributed by atoms with Gasteiger partial charge in [0.2, 0.25) is 0 Å². The van der Waals surface area contributed by atoms with E-state index in [1.165, 1.54) is 11.1 Å². The Balaban J connectivity index is 1.84. The van der Waals surface area contributed by atoms with Crippen LogP contribution in [0.15, 0.2) is 12.1 Å². The number of carboxylic acid groups (broad SMARTS) is 1. The van der Waals surface area contributed by atoms with Crippen LogP contribution in [0.3, 0.4) is 0 Å². The zero-order valence-corrected chi connectivity index (χ0v) is 12.7. The number of carbonyl (C=O) groups is 1. The standard InChI is InChI=1S/C17H23NO3/c1-10-3-4-14(19)17-13(7-11(2)16(10)17)18-6-5-12(9-18)8-15(20)21/h3-4,11-13,19H,5-9H2,1-2H3,(H,20,21). The Labute approximate surface area is 125 Å². The predicted molar refractivity (Wildman–Crippen MR) is 80.5 cm³/mol. The van der Waals surface area contributed by atoms with Gasteiger partial charge in [-0.25, -0.2) is 0 Å². The van der Waals surface area contributed by atoms with E-state index in [1.54, 1.807) is 6.07 Å². The van der Waals surface area contributed by atoms with Crippen LogP contribution < -0.4 is 0 Å². The van der Waals surface area contributed by atoms with Crippen LogP contribution in [0.2, 0.25) is 0 Å². The normalized spacial score (nSPS) is 28.8. The summed E-state index contributed by atoms with van der Waals surface area (Å²) in [6.07, 6.45) is 2.22. The molecule has 2 N–H and O–H groups in total. The van der Waals surface area contributed by atoms with E-state index in [0.29, 0.717) is 11.7 Å². The van der Waals surface area contributed by atoms with Gasteiger partial charge >= 0.3 is 5.97 Å². The number of likely N-dealkylation sites (tertiary alicyclic amines) is 1. The lowest BCUT2D eigenvalue weighted by atomic mass is 9.97. The highest BCUT2D eigenvalue weighted by atomic mass is 16.4. The van der Waals surface area contributed by atoms with Crippen molar-refractivity contribution in [3.05, 3.63) is 28.8 Å². The first-order valence-electron chi connectivity index (χ1n) is 7.75. The van der Waals surface area contributed by atoms with Crippen molar-refractivity contribution in [2.24, 2.45) is 5.92 Å². The maximum Gasteiger partial charge on any atom is 0.303 e. The van der Waals surface area contributed by atoms with Crippen molar-refractivity contribution in [3.8, 4) is 5.75 Å². The molecule has 3 atom stereocenters. The van der Waals surface area contributed by atoms with Crippen LogP contribution in [0, 0.1) is 12.8 Å². The number of carboxylic acids is 1. The molecule has 0 amide bonds. The van der Waals surface area contributed by atoms with Crippen molar-refractivity contribution in [1.29, 1.82) is 0 Å². The van der Waals surface area contributed by atoms with Crippen LogP contribution >= 0.6 is 0 Å². The summed E-state index contributed by atoms with van der Waals surface area (Å²) in [5.41, 5.74) is 3.62. The quantitative estimate of drug-likeness (QED) is 0.898. The molecule has 3 rings (SSSR count). The summed E-state index contributed by atoms with van der Waals surface area (Å²) < 4.78 is 0. The molecule has 1 aromatic carbocycles. The van der Waals surface area contributed by atoms with E-state index in [0.717, 1.165) is 31.5 Å². The Morgan fingerprint density at radius 2 is 2.14 bits per heavy atom. The van der Waals surface area contributed by atoms with Crippen LogP contribution in [0.5, 0.6) is 5.75 Å². The number of nitrogens with zero attached hydrogens (tertiary/aromatic N) is 1. The highest BCUT2D eigenvalue weighted by Crippen LogP contribution is 2.49. The largest absolute Gasteiger partial charge is 0.508 e. The minimum absolute atomic E-state index is 0.244. The van der Waals surface area contributed by atoms with E-state index in [4.69, 9.17) is 5.11 Å². The number of phenolic OH excluding ortho intramolecular Hbond substituents is 1. The molecule has 0 aromatic heterocycles. The fourth-order valence-electron chi connectivity index (χ4n) is 4.20. The average molecular weight is 289 g/mol. The Hall–Kier alpha value is -1.55. The summed E-state index contributed by atoms with van der Waals surface area (Å²) >= 11 is 0. The number of fused-ring (bicyclic) bond motifs is 1. The number of rotatable bonds is 3. The summed E-state index contributed by atoms with van der Waals surface area (Å²) in [4.78, 5) is 13.2. The van der Waals surface area contributed by atoms with Gasteiger partial charge in [-0.3, -0.25) is 9.69 Å². The lowest BCUT2D eigenvalue weighted by molar-refractivity contribution is -0.138. The molecule has 1 aliphatic carbocycles. The lowest BCUT2D eigenvalue weighted by Crippen LogP contribution is -2.25. The number of aromatic hydroxyl groups is 1. The van der Waals surface area contributed by atoms with Gasteiger partial charge in [-0.15, -0.1) is 0 Å². The van der Waals surface area contributed by atoms with E-state index in [1.807, 2.05) is 6.07 Å². The lowest BCUT2D eigenvalue weighted by Gasteiger charge is -2.25. The number of hydrogen-bond acceptors (Lipinski definition) is 3. The first-order chi connectivity index (χ1) is 9.97. The van der Waals surface area contributed by atoms with E-state index >= 15 is 0 Å². The first kappa shape index (κ1) is 14.4. The zero-order valence-electron chi connectivity index (χ0n) is 12.7. The molecule has 4 heteroatoms. The third kappa shape index (κ3) is 2.53. The van der Waals surface area contributed by atoms with E-state index in [-0.39, 0.29) is 18.4 Å². The molecule has 3 unspecified atom stereocenters. The summed E-state index contributed by atoms with van der Waals surface area (Å²) in [5, 5.41) is 19.2. The monoisotopic (exact) mass is 289 g/mol. The highest BCUT2D eigenvalue weighted by Gasteiger charge is 2.38. The van der Waals surface area contributed by atoms with Gasteiger partial charge in [0.25, 0.3) is 0 Å². The van der Waals surface area contributed by atoms with Crippen molar-refractivity contribution < 1.29 is 15.0 Å². The molecule has 0 saturated carbocycles. The maximum atomic E-state index is 10.9. The molecule has 4 nitrogen and oxygen atoms in total. The summed E-state index contributed by atoms with van der Waals surface area (Å²) in [5.74, 6) is 0.386. The molecule has 21 heavy (non-hydrogen) atoms. The molecule has 1 saturated heterocycles. The molecule has 2 aliphatic rings. The molecule has 1 heterocycles. The molecule has 0 radical (unpaired) electrons. The first-order valence-corrected chi connectivity index (χ1v) is 7.75. The second kappa shape index (κ2) is 5.34. The summed E-state index contributed by atoms with van der Waals surface area (Å²) in [7, 11) is 0. The number of benzene rings is 1. The second-order valence-corrected chi connectivity index (χ2v) is 6.63. The second-order valence-electron chi connectivity index (χ2n) is 6.63. The molecule has 1 aliphatic heterocycles. The van der Waals surface area contributed by atoms with E-state index in [9.17, 15) is 9.90 Å². The molecule has 0 spiro atoms. The van der Waals surface area contributed by atoms with Crippen LogP contribution in [-0.2, 0) is 4.79 Å². The van der Waals surface area contributed by atoms with Crippen LogP contribution in [0.1, 0.15) is 54.8 Å². The van der Waals surface area contributed by atoms with Crippen molar-refractivity contribution in [2.45, 2.75) is 45.1 Å². The van der Waals surface area contributed by atoms with Gasteiger partial charge in [0.15, 0.2) is 0 Å². The van der Waals surface area contributed by atoms with Gasteiger partial charge in [-0.2, -0.15) is 0 Å². The van der Waals surface area contributed by atoms with E-state index in [2.05, 4.69) is 18.7 Å². The van der Waals surface area contributed by atoms with Crippen LogP contribution in [0.25, 0.3) is 0 Å². The highest BCUT2D eigenvalue weighted by molar-refractivity contribution is 5.67. The van der Waals surface area contributed by atoms with Crippen molar-refractivity contribution in [3.63, 3.8) is 0 Å². The van der Waals surface area contributed by atoms with Crippen LogP contribution in [-0.4, -0.2) is 34.2 Å². The van der Waals surface area contributed by atoms with Gasteiger partial charge in [0.05, 0.1) is 0 Å². The molecular weight excluding hydrogens is 266 g/mol. The zero-order chi connectivity index (χ0) is 15.1. The van der Waals surface area contributed by atoms with Gasteiger partial charge in [0.1, 0.15) is 5.75 Å². The minimum Gasteiger partial charge on any atom is -0.508 e. The molecular formula is C17H23NO3. The Kier molecular flexibility index (Phi) is 3.66. The van der Waals surface area contributed by atoms with Crippen molar-refractivity contribution in [1.82, 2.24) is 4.90 Å². The Morgan fingerprint density at radius 3 is 2.86 bits per heavy atom. The third-order valence-corrected chi connectivity index (χ3v) is 5.11. The molecule has 1 fully saturated rings. The topological polar surface area (TPSA) is 60.8 Å². The van der Waals surface area contributed by atoms with Gasteiger partial charge in [-0.1, -0.05) is 13.0 Å². The van der Waals surface area contributed by atoms with Gasteiger partial charge < -0.3 is 10.2 Å². The van der Waals surface area contributed by atoms with E-state index < -0.39 is 5.97 Å². The Morgan fingerprint density at radius 1 is 1.38 bits per heavy atom. The fourth-order valence-corrected chi connectivity index (χ4v) is 4.20. The Bertz CT molecular complexity index is 569. The number of hydrogen-bond donors (Lipinski definition) is 2. The number of phenols is 1. The third-order valence-electron chi connectivity index (χ3n) is 5.11. The predicted octanol–water partition coefficient (Wildman–Crippen LogP) is 3.05. The average Bonchev–Trinajstić information content (AvgIpc) is 2.98. The minimum atomic E-state index is -0.708. The molecule has 0 bridgehead atoms. The smallest absolute Gasteiger partial charge is 0.303 e. The van der Waals surface area contributed by atoms with Gasteiger partial charge in [-0.05, 0) is 55.3 Å². The van der Waals surface area contributed by atoms with Crippen molar-refractivity contribution >= 4 is 5.97 Å². The molecule has 114 valence electrons. The number of aryl methyl sites for hydroxylation is 1. The van der Waals surface area contributed by atoms with Crippen LogP contribution in [0.4, 0.5) is 0 Å². The van der Waals surface area contributed by atoms with Gasteiger partial charge in [0, 0.05) is 24.6 Å². The SMILES string of the molecule is Cc1ccc(O)c2c1C(C)CC2N1CCC(CC(=O)O)C1. The fraction of sp³-hybridized carbons (Fsp3) is 0.588. The summed E-state index contributed by atoms with van der Waals surface area (Å²) in [6.45, 7) is 6.09. The summed E-state index contributed by atoms with van der Waals surface area (Å²) in [6, 6.07) is 4.03. The maximum absolute atomic E-state index is 10.9. The number of aliphatic carboxylic acids is 1. The molecule has 1 aromatic rings.